The maximum Gasteiger partial charge on any atom is 0.259 e. The Morgan fingerprint density at radius 2 is 2.10 bits per heavy atom. The van der Waals surface area contributed by atoms with Gasteiger partial charge >= 0.3 is 0 Å². The van der Waals surface area contributed by atoms with Crippen molar-refractivity contribution < 1.29 is 8.91 Å². The van der Waals surface area contributed by atoms with Crippen LogP contribution < -0.4 is 0 Å². The maximum atomic E-state index is 13.1. The highest BCUT2D eigenvalue weighted by Crippen LogP contribution is 2.20. The quantitative estimate of drug-likeness (QED) is 0.732. The Hall–Kier alpha value is -2.56. The number of aromatic nitrogens is 3. The summed E-state index contributed by atoms with van der Waals surface area (Å²) in [7, 11) is 0. The smallest absolute Gasteiger partial charge is 0.259 e. The summed E-state index contributed by atoms with van der Waals surface area (Å²) in [5.74, 6) is 0.685. The van der Waals surface area contributed by atoms with Crippen molar-refractivity contribution >= 4 is 0 Å². The van der Waals surface area contributed by atoms with Gasteiger partial charge in [-0.05, 0) is 36.8 Å². The highest BCUT2D eigenvalue weighted by molar-refractivity contribution is 5.55. The molecule has 100 valence electrons. The van der Waals surface area contributed by atoms with Crippen LogP contribution in [0.25, 0.3) is 11.5 Å². The number of benzene rings is 1. The molecule has 0 N–H and O–H groups in total. The number of rotatable bonds is 3. The molecule has 3 rings (SSSR count). The molecule has 3 aromatic rings. The fourth-order valence-corrected chi connectivity index (χ4v) is 1.97. The van der Waals surface area contributed by atoms with Gasteiger partial charge in [0.1, 0.15) is 5.82 Å². The van der Waals surface area contributed by atoms with Crippen molar-refractivity contribution in [2.24, 2.45) is 0 Å². The normalized spacial score (nSPS) is 10.7. The Morgan fingerprint density at radius 3 is 2.90 bits per heavy atom. The van der Waals surface area contributed by atoms with Gasteiger partial charge in [0.05, 0.1) is 5.56 Å². The van der Waals surface area contributed by atoms with Gasteiger partial charge in [0.15, 0.2) is 5.82 Å². The second kappa shape index (κ2) is 5.21. The summed E-state index contributed by atoms with van der Waals surface area (Å²) >= 11 is 0. The van der Waals surface area contributed by atoms with Crippen molar-refractivity contribution in [1.29, 1.82) is 0 Å². The van der Waals surface area contributed by atoms with Gasteiger partial charge in [-0.1, -0.05) is 17.3 Å². The number of hydrogen-bond donors (Lipinski definition) is 0. The van der Waals surface area contributed by atoms with E-state index in [4.69, 9.17) is 4.52 Å². The molecule has 0 unspecified atom stereocenters. The largest absolute Gasteiger partial charge is 0.334 e. The number of nitrogens with zero attached hydrogens (tertiary/aromatic N) is 3. The summed E-state index contributed by atoms with van der Waals surface area (Å²) in [5.41, 5.74) is 2.44. The number of halogens is 1. The molecule has 2 heterocycles. The van der Waals surface area contributed by atoms with Crippen LogP contribution in [-0.4, -0.2) is 15.1 Å². The molecule has 4 nitrogen and oxygen atoms in total. The van der Waals surface area contributed by atoms with E-state index >= 15 is 0 Å². The average molecular weight is 269 g/mol. The molecule has 0 spiro atoms. The molecule has 0 saturated heterocycles. The van der Waals surface area contributed by atoms with Gasteiger partial charge in [-0.3, -0.25) is 4.98 Å². The first-order chi connectivity index (χ1) is 9.72. The van der Waals surface area contributed by atoms with Gasteiger partial charge in [-0.15, -0.1) is 0 Å². The number of aryl methyl sites for hydroxylation is 1. The fourth-order valence-electron chi connectivity index (χ4n) is 1.97. The third-order valence-electron chi connectivity index (χ3n) is 2.96. The molecular weight excluding hydrogens is 257 g/mol. The topological polar surface area (TPSA) is 51.8 Å². The number of pyridine rings is 1. The third-order valence-corrected chi connectivity index (χ3v) is 2.96. The molecule has 0 bridgehead atoms. The van der Waals surface area contributed by atoms with E-state index < -0.39 is 0 Å². The van der Waals surface area contributed by atoms with Gasteiger partial charge in [-0.2, -0.15) is 4.98 Å². The van der Waals surface area contributed by atoms with Crippen molar-refractivity contribution in [2.45, 2.75) is 13.3 Å². The summed E-state index contributed by atoms with van der Waals surface area (Å²) in [6.07, 6.45) is 2.14. The van der Waals surface area contributed by atoms with E-state index in [1.54, 1.807) is 12.3 Å². The maximum absolute atomic E-state index is 13.1. The molecule has 0 saturated carbocycles. The molecule has 0 fully saturated rings. The molecule has 0 aliphatic carbocycles. The van der Waals surface area contributed by atoms with Crippen molar-refractivity contribution in [3.63, 3.8) is 0 Å². The first-order valence-electron chi connectivity index (χ1n) is 6.21. The molecule has 5 heteroatoms. The lowest BCUT2D eigenvalue weighted by Crippen LogP contribution is -1.92. The molecule has 2 aromatic heterocycles. The van der Waals surface area contributed by atoms with Gasteiger partial charge in [0.25, 0.3) is 5.89 Å². The zero-order valence-corrected chi connectivity index (χ0v) is 10.9. The second-order valence-corrected chi connectivity index (χ2v) is 4.46. The lowest BCUT2D eigenvalue weighted by atomic mass is 10.1. The molecular formula is C15H12FN3O. The van der Waals surface area contributed by atoms with E-state index in [1.165, 1.54) is 12.1 Å². The highest BCUT2D eigenvalue weighted by atomic mass is 19.1. The van der Waals surface area contributed by atoms with Gasteiger partial charge in [-0.25, -0.2) is 4.39 Å². The van der Waals surface area contributed by atoms with Crippen LogP contribution in [0, 0.1) is 12.7 Å². The van der Waals surface area contributed by atoms with Crippen LogP contribution in [0.4, 0.5) is 4.39 Å². The Balaban J connectivity index is 1.86. The average Bonchev–Trinajstić information content (AvgIpc) is 2.87. The van der Waals surface area contributed by atoms with Crippen LogP contribution in [0.3, 0.4) is 0 Å². The number of hydrogen-bond acceptors (Lipinski definition) is 4. The first kappa shape index (κ1) is 12.5. The Morgan fingerprint density at radius 1 is 1.20 bits per heavy atom. The summed E-state index contributed by atoms with van der Waals surface area (Å²) in [4.78, 5) is 8.51. The molecule has 0 aliphatic heterocycles. The molecule has 0 radical (unpaired) electrons. The minimum absolute atomic E-state index is 0.269. The van der Waals surface area contributed by atoms with E-state index in [9.17, 15) is 4.39 Å². The van der Waals surface area contributed by atoms with Crippen LogP contribution in [0.5, 0.6) is 0 Å². The van der Waals surface area contributed by atoms with Gasteiger partial charge < -0.3 is 4.52 Å². The zero-order valence-electron chi connectivity index (χ0n) is 10.9. The second-order valence-electron chi connectivity index (χ2n) is 4.46. The van der Waals surface area contributed by atoms with E-state index in [-0.39, 0.29) is 5.82 Å². The van der Waals surface area contributed by atoms with E-state index in [0.29, 0.717) is 18.1 Å². The Kier molecular flexibility index (Phi) is 3.25. The summed E-state index contributed by atoms with van der Waals surface area (Å²) in [6, 6.07) is 10.1. The van der Waals surface area contributed by atoms with E-state index in [1.807, 2.05) is 25.1 Å². The van der Waals surface area contributed by atoms with Crippen LogP contribution >= 0.6 is 0 Å². The van der Waals surface area contributed by atoms with Crippen molar-refractivity contribution in [3.8, 4) is 11.5 Å². The highest BCUT2D eigenvalue weighted by Gasteiger charge is 2.11. The first-order valence-corrected chi connectivity index (χ1v) is 6.21. The SMILES string of the molecule is Cc1ncccc1-c1nc(Cc2cccc(F)c2)no1. The monoisotopic (exact) mass is 269 g/mol. The van der Waals surface area contributed by atoms with Crippen LogP contribution in [-0.2, 0) is 6.42 Å². The molecule has 1 aromatic carbocycles. The van der Waals surface area contributed by atoms with Crippen LogP contribution in [0.15, 0.2) is 47.1 Å². The molecule has 0 aliphatic rings. The van der Waals surface area contributed by atoms with Crippen molar-refractivity contribution in [3.05, 3.63) is 65.5 Å². The van der Waals surface area contributed by atoms with Gasteiger partial charge in [0, 0.05) is 18.3 Å². The third kappa shape index (κ3) is 2.56. The minimum Gasteiger partial charge on any atom is -0.334 e. The lowest BCUT2D eigenvalue weighted by molar-refractivity contribution is 0.423. The predicted octanol–water partition coefficient (Wildman–Crippen LogP) is 3.17. The predicted molar refractivity (Wildman–Crippen MR) is 71.5 cm³/mol. The standard InChI is InChI=1S/C15H12FN3O/c1-10-13(6-3-7-17-10)15-18-14(19-20-15)9-11-4-2-5-12(16)8-11/h2-8H,9H2,1H3. The van der Waals surface area contributed by atoms with Crippen LogP contribution in [0.1, 0.15) is 17.1 Å². The minimum atomic E-state index is -0.269. The molecule has 0 atom stereocenters. The lowest BCUT2D eigenvalue weighted by Gasteiger charge is -1.97. The zero-order chi connectivity index (χ0) is 13.9. The fraction of sp³-hybridized carbons (Fsp3) is 0.133. The summed E-state index contributed by atoms with van der Waals surface area (Å²) in [6.45, 7) is 1.88. The van der Waals surface area contributed by atoms with E-state index in [0.717, 1.165) is 16.8 Å². The molecule has 0 amide bonds. The molecule has 20 heavy (non-hydrogen) atoms. The summed E-state index contributed by atoms with van der Waals surface area (Å²) in [5, 5.41) is 3.92. The van der Waals surface area contributed by atoms with Crippen molar-refractivity contribution in [1.82, 2.24) is 15.1 Å². The Bertz CT molecular complexity index is 739. The van der Waals surface area contributed by atoms with E-state index in [2.05, 4.69) is 15.1 Å². The Labute approximate surface area is 115 Å². The summed E-state index contributed by atoms with van der Waals surface area (Å²) < 4.78 is 18.4. The van der Waals surface area contributed by atoms with Crippen LogP contribution in [0.2, 0.25) is 0 Å². The van der Waals surface area contributed by atoms with Crippen molar-refractivity contribution in [2.75, 3.05) is 0 Å². The van der Waals surface area contributed by atoms with Gasteiger partial charge in [0.2, 0.25) is 0 Å².